The summed E-state index contributed by atoms with van der Waals surface area (Å²) >= 11 is 0. The van der Waals surface area contributed by atoms with Crippen molar-refractivity contribution in [2.24, 2.45) is 0 Å². The molecule has 1 aromatic heterocycles. The molecule has 2 rings (SSSR count). The van der Waals surface area contributed by atoms with Gasteiger partial charge in [-0.1, -0.05) is 0 Å². The van der Waals surface area contributed by atoms with E-state index >= 15 is 0 Å². The molecule has 1 fully saturated rings. The Balaban J connectivity index is 2.08. The first-order chi connectivity index (χ1) is 8.85. The lowest BCUT2D eigenvalue weighted by Crippen LogP contribution is -2.33. The number of aromatic nitrogens is 2. The molecule has 0 amide bonds. The van der Waals surface area contributed by atoms with Gasteiger partial charge in [0.15, 0.2) is 5.82 Å². The van der Waals surface area contributed by atoms with Crippen LogP contribution in [0.25, 0.3) is 0 Å². The zero-order valence-electron chi connectivity index (χ0n) is 10.3. The highest BCUT2D eigenvalue weighted by molar-refractivity contribution is 5.52. The van der Waals surface area contributed by atoms with Crippen molar-refractivity contribution >= 4 is 5.82 Å². The third kappa shape index (κ3) is 2.94. The lowest BCUT2D eigenvalue weighted by atomic mass is 10.2. The maximum Gasteiger partial charge on any atom is 0.169 e. The normalized spacial score (nSPS) is 17.2. The molecule has 0 bridgehead atoms. The predicted molar refractivity (Wildman–Crippen MR) is 67.1 cm³/mol. The first kappa shape index (κ1) is 12.7. The Hall–Kier alpha value is -1.71. The Bertz CT molecular complexity index is 431. The van der Waals surface area contributed by atoms with Crippen LogP contribution in [-0.4, -0.2) is 59.5 Å². The third-order valence-electron chi connectivity index (χ3n) is 3.13. The van der Waals surface area contributed by atoms with Crippen molar-refractivity contribution < 1.29 is 5.11 Å². The summed E-state index contributed by atoms with van der Waals surface area (Å²) in [7, 11) is 0. The van der Waals surface area contributed by atoms with Gasteiger partial charge in [-0.05, 0) is 19.0 Å². The summed E-state index contributed by atoms with van der Waals surface area (Å²) in [6, 6.07) is 3.85. The summed E-state index contributed by atoms with van der Waals surface area (Å²) in [5.74, 6) is 0.672. The summed E-state index contributed by atoms with van der Waals surface area (Å²) in [6.45, 7) is 4.43. The average molecular weight is 247 g/mol. The van der Waals surface area contributed by atoms with E-state index in [2.05, 4.69) is 26.1 Å². The molecule has 2 heterocycles. The van der Waals surface area contributed by atoms with E-state index in [4.69, 9.17) is 10.4 Å². The van der Waals surface area contributed by atoms with E-state index in [1.165, 1.54) is 6.20 Å². The van der Waals surface area contributed by atoms with Gasteiger partial charge in [-0.15, -0.1) is 5.10 Å². The number of hydrogen-bond donors (Lipinski definition) is 1. The maximum absolute atomic E-state index is 9.07. The van der Waals surface area contributed by atoms with Crippen LogP contribution in [0, 0.1) is 11.3 Å². The molecule has 1 aromatic rings. The molecule has 0 unspecified atom stereocenters. The molecular formula is C12H17N5O. The SMILES string of the molecule is N#Cc1ccnnc1N1CCCN(CCO)CC1. The standard InChI is InChI=1S/C12H17N5O/c13-10-11-2-3-14-15-12(11)17-5-1-4-16(6-7-17)8-9-18/h2-3,18H,1,4-9H2. The third-order valence-corrected chi connectivity index (χ3v) is 3.13. The van der Waals surface area contributed by atoms with Crippen molar-refractivity contribution in [2.45, 2.75) is 6.42 Å². The lowest BCUT2D eigenvalue weighted by molar-refractivity contribution is 0.204. The Kier molecular flexibility index (Phi) is 4.45. The molecule has 18 heavy (non-hydrogen) atoms. The van der Waals surface area contributed by atoms with Gasteiger partial charge in [-0.25, -0.2) is 0 Å². The van der Waals surface area contributed by atoms with Crippen molar-refractivity contribution in [3.63, 3.8) is 0 Å². The number of aliphatic hydroxyl groups excluding tert-OH is 1. The van der Waals surface area contributed by atoms with Crippen molar-refractivity contribution in [1.29, 1.82) is 5.26 Å². The minimum Gasteiger partial charge on any atom is -0.395 e. The van der Waals surface area contributed by atoms with E-state index in [1.807, 2.05) is 0 Å². The summed E-state index contributed by atoms with van der Waals surface area (Å²) in [6.07, 6.45) is 2.54. The maximum atomic E-state index is 9.07. The van der Waals surface area contributed by atoms with Gasteiger partial charge in [-0.3, -0.25) is 4.90 Å². The van der Waals surface area contributed by atoms with Gasteiger partial charge in [-0.2, -0.15) is 10.4 Å². The van der Waals surface area contributed by atoms with Crippen LogP contribution in [0.1, 0.15) is 12.0 Å². The van der Waals surface area contributed by atoms with Gasteiger partial charge in [0.05, 0.1) is 18.4 Å². The van der Waals surface area contributed by atoms with Gasteiger partial charge in [0.1, 0.15) is 6.07 Å². The lowest BCUT2D eigenvalue weighted by Gasteiger charge is -2.22. The number of rotatable bonds is 3. The summed E-state index contributed by atoms with van der Waals surface area (Å²) in [5, 5.41) is 26.0. The molecule has 96 valence electrons. The van der Waals surface area contributed by atoms with E-state index in [-0.39, 0.29) is 6.61 Å². The number of β-amino-alcohol motifs (C(OH)–C–C–N with tert-alkyl or cyclic N) is 1. The van der Waals surface area contributed by atoms with Crippen LogP contribution in [0.3, 0.4) is 0 Å². The van der Waals surface area contributed by atoms with Crippen molar-refractivity contribution in [3.05, 3.63) is 17.8 Å². The smallest absolute Gasteiger partial charge is 0.169 e. The average Bonchev–Trinajstić information content (AvgIpc) is 2.65. The fourth-order valence-electron chi connectivity index (χ4n) is 2.19. The highest BCUT2D eigenvalue weighted by Gasteiger charge is 2.18. The highest BCUT2D eigenvalue weighted by atomic mass is 16.3. The molecule has 6 heteroatoms. The van der Waals surface area contributed by atoms with Crippen LogP contribution in [0.4, 0.5) is 5.82 Å². The van der Waals surface area contributed by atoms with Crippen molar-refractivity contribution in [2.75, 3.05) is 44.2 Å². The molecule has 1 aliphatic heterocycles. The first-order valence-corrected chi connectivity index (χ1v) is 6.15. The van der Waals surface area contributed by atoms with Crippen molar-refractivity contribution in [1.82, 2.24) is 15.1 Å². The van der Waals surface area contributed by atoms with Crippen LogP contribution in [0.15, 0.2) is 12.3 Å². The second kappa shape index (κ2) is 6.28. The molecule has 0 aromatic carbocycles. The fraction of sp³-hybridized carbons (Fsp3) is 0.583. The molecule has 6 nitrogen and oxygen atoms in total. The molecule has 1 N–H and O–H groups in total. The van der Waals surface area contributed by atoms with Crippen LogP contribution in [0.2, 0.25) is 0 Å². The van der Waals surface area contributed by atoms with Crippen LogP contribution >= 0.6 is 0 Å². The number of aliphatic hydroxyl groups is 1. The van der Waals surface area contributed by atoms with E-state index in [0.29, 0.717) is 17.9 Å². The zero-order chi connectivity index (χ0) is 12.8. The summed E-state index contributed by atoms with van der Waals surface area (Å²) < 4.78 is 0. The molecule has 0 aliphatic carbocycles. The zero-order valence-corrected chi connectivity index (χ0v) is 10.3. The molecule has 1 aliphatic rings. The Labute approximate surface area is 106 Å². The number of hydrogen-bond acceptors (Lipinski definition) is 6. The second-order valence-electron chi connectivity index (χ2n) is 4.29. The van der Waals surface area contributed by atoms with Crippen LogP contribution < -0.4 is 4.90 Å². The Morgan fingerprint density at radius 3 is 3.00 bits per heavy atom. The van der Waals surface area contributed by atoms with E-state index in [0.717, 1.165) is 32.6 Å². The van der Waals surface area contributed by atoms with E-state index in [9.17, 15) is 0 Å². The summed E-state index contributed by atoms with van der Waals surface area (Å²) in [4.78, 5) is 4.32. The van der Waals surface area contributed by atoms with Gasteiger partial charge >= 0.3 is 0 Å². The molecular weight excluding hydrogens is 230 g/mol. The van der Waals surface area contributed by atoms with Gasteiger partial charge in [0, 0.05) is 26.2 Å². The largest absolute Gasteiger partial charge is 0.395 e. The van der Waals surface area contributed by atoms with Gasteiger partial charge in [0.2, 0.25) is 0 Å². The quantitative estimate of drug-likeness (QED) is 0.800. The molecule has 0 atom stereocenters. The van der Waals surface area contributed by atoms with E-state index in [1.54, 1.807) is 6.07 Å². The van der Waals surface area contributed by atoms with E-state index < -0.39 is 0 Å². The molecule has 0 radical (unpaired) electrons. The number of nitriles is 1. The minimum atomic E-state index is 0.189. The fourth-order valence-corrected chi connectivity index (χ4v) is 2.19. The monoisotopic (exact) mass is 247 g/mol. The molecule has 0 saturated carbocycles. The van der Waals surface area contributed by atoms with Crippen LogP contribution in [-0.2, 0) is 0 Å². The van der Waals surface area contributed by atoms with Gasteiger partial charge in [0.25, 0.3) is 0 Å². The Morgan fingerprint density at radius 1 is 1.33 bits per heavy atom. The van der Waals surface area contributed by atoms with Crippen LogP contribution in [0.5, 0.6) is 0 Å². The minimum absolute atomic E-state index is 0.189. The highest BCUT2D eigenvalue weighted by Crippen LogP contribution is 2.17. The summed E-state index contributed by atoms with van der Waals surface area (Å²) in [5.41, 5.74) is 0.570. The number of anilines is 1. The first-order valence-electron chi connectivity index (χ1n) is 6.15. The van der Waals surface area contributed by atoms with Crippen molar-refractivity contribution in [3.8, 4) is 6.07 Å². The predicted octanol–water partition coefficient (Wildman–Crippen LogP) is -0.147. The number of nitrogens with zero attached hydrogens (tertiary/aromatic N) is 5. The topological polar surface area (TPSA) is 76.3 Å². The molecule has 0 spiro atoms. The Morgan fingerprint density at radius 2 is 2.22 bits per heavy atom. The van der Waals surface area contributed by atoms with Gasteiger partial charge < -0.3 is 10.0 Å². The molecule has 1 saturated heterocycles. The second-order valence-corrected chi connectivity index (χ2v) is 4.29.